The average molecular weight is 301 g/mol. The third-order valence-electron chi connectivity index (χ3n) is 3.96. The van der Waals surface area contributed by atoms with Crippen LogP contribution in [0.5, 0.6) is 0 Å². The molecule has 1 amide bonds. The van der Waals surface area contributed by atoms with Gasteiger partial charge in [0.05, 0.1) is 12.1 Å². The van der Waals surface area contributed by atoms with E-state index in [1.165, 1.54) is 37.1 Å². The zero-order valence-corrected chi connectivity index (χ0v) is 12.5. The van der Waals surface area contributed by atoms with Crippen LogP contribution in [0.15, 0.2) is 36.2 Å². The van der Waals surface area contributed by atoms with Crippen LogP contribution >= 0.6 is 0 Å². The van der Waals surface area contributed by atoms with Gasteiger partial charge >= 0.3 is 0 Å². The highest BCUT2D eigenvalue weighted by atomic mass is 19.1. The number of imidazole rings is 1. The minimum atomic E-state index is -0.318. The number of hydrogen-bond donors (Lipinski definition) is 1. The molecule has 0 bridgehead atoms. The van der Waals surface area contributed by atoms with Gasteiger partial charge < -0.3 is 9.72 Å². The average Bonchev–Trinajstić information content (AvgIpc) is 2.89. The second-order valence-corrected chi connectivity index (χ2v) is 5.73. The molecule has 0 radical (unpaired) electrons. The Hall–Kier alpha value is -2.17. The van der Waals surface area contributed by atoms with Crippen LogP contribution in [-0.2, 0) is 11.2 Å². The fraction of sp³-hybridized carbons (Fsp3) is 0.412. The molecule has 2 aromatic rings. The molecule has 1 N–H and O–H groups in total. The Kier molecular flexibility index (Phi) is 4.51. The lowest BCUT2D eigenvalue weighted by atomic mass is 9.97. The molecular formula is C17H20FN3O. The fourth-order valence-electron chi connectivity index (χ4n) is 2.82. The highest BCUT2D eigenvalue weighted by Gasteiger charge is 2.09. The van der Waals surface area contributed by atoms with E-state index < -0.39 is 0 Å². The van der Waals surface area contributed by atoms with Crippen LogP contribution in [0.3, 0.4) is 0 Å². The third kappa shape index (κ3) is 3.72. The lowest BCUT2D eigenvalue weighted by Gasteiger charge is -2.12. The molecule has 1 aliphatic carbocycles. The van der Waals surface area contributed by atoms with Gasteiger partial charge in [0.2, 0.25) is 5.91 Å². The molecule has 0 atom stereocenters. The maximum atomic E-state index is 13.1. The molecule has 0 spiro atoms. The number of halogens is 1. The van der Waals surface area contributed by atoms with Gasteiger partial charge in [0.15, 0.2) is 0 Å². The molecule has 0 saturated carbocycles. The number of allylic oxidation sites excluding steroid dienone is 1. The Labute approximate surface area is 129 Å². The van der Waals surface area contributed by atoms with Crippen LogP contribution in [0, 0.1) is 5.82 Å². The van der Waals surface area contributed by atoms with E-state index in [0.717, 1.165) is 12.8 Å². The summed E-state index contributed by atoms with van der Waals surface area (Å²) in [7, 11) is 0. The zero-order chi connectivity index (χ0) is 15.4. The number of carbonyl (C=O) groups is 1. The molecule has 0 aromatic carbocycles. The predicted molar refractivity (Wildman–Crippen MR) is 83.0 cm³/mol. The molecule has 116 valence electrons. The van der Waals surface area contributed by atoms with Crippen molar-refractivity contribution in [3.05, 3.63) is 47.7 Å². The maximum absolute atomic E-state index is 13.1. The second-order valence-electron chi connectivity index (χ2n) is 5.73. The normalized spacial score (nSPS) is 14.9. The summed E-state index contributed by atoms with van der Waals surface area (Å²) in [5, 5.41) is 2.93. The zero-order valence-electron chi connectivity index (χ0n) is 12.5. The molecule has 0 fully saturated rings. The number of pyridine rings is 1. The van der Waals surface area contributed by atoms with Gasteiger partial charge in [0.1, 0.15) is 11.5 Å². The minimum Gasteiger partial charge on any atom is -0.355 e. The van der Waals surface area contributed by atoms with Crippen LogP contribution in [-0.4, -0.2) is 21.8 Å². The van der Waals surface area contributed by atoms with Crippen molar-refractivity contribution < 1.29 is 9.18 Å². The van der Waals surface area contributed by atoms with Gasteiger partial charge in [-0.2, -0.15) is 0 Å². The van der Waals surface area contributed by atoms with E-state index in [0.29, 0.717) is 17.9 Å². The number of fused-ring (bicyclic) bond motifs is 1. The molecular weight excluding hydrogens is 281 g/mol. The summed E-state index contributed by atoms with van der Waals surface area (Å²) in [6, 6.07) is 2.97. The van der Waals surface area contributed by atoms with E-state index in [1.54, 1.807) is 16.7 Å². The van der Waals surface area contributed by atoms with Gasteiger partial charge in [0.25, 0.3) is 0 Å². The van der Waals surface area contributed by atoms with Crippen molar-refractivity contribution in [1.29, 1.82) is 0 Å². The monoisotopic (exact) mass is 301 g/mol. The highest BCUT2D eigenvalue weighted by molar-refractivity contribution is 5.78. The number of rotatable bonds is 5. The fourth-order valence-corrected chi connectivity index (χ4v) is 2.82. The molecule has 0 saturated heterocycles. The molecule has 2 aromatic heterocycles. The number of aromatic nitrogens is 2. The predicted octanol–water partition coefficient (Wildman–Crippen LogP) is 3.02. The summed E-state index contributed by atoms with van der Waals surface area (Å²) in [4.78, 5) is 16.3. The summed E-state index contributed by atoms with van der Waals surface area (Å²) in [5.74, 6) is -0.359. The van der Waals surface area contributed by atoms with Crippen molar-refractivity contribution in [3.8, 4) is 0 Å². The number of amides is 1. The Morgan fingerprint density at radius 3 is 3.05 bits per heavy atom. The van der Waals surface area contributed by atoms with Crippen LogP contribution in [0.2, 0.25) is 0 Å². The molecule has 1 aliphatic rings. The standard InChI is InChI=1S/C17H20FN3O/c18-14-6-7-16-20-15(12-21(16)11-14)10-17(22)19-9-8-13-4-2-1-3-5-13/h4,6-7,11-12H,1-3,5,8-10H2,(H,19,22). The summed E-state index contributed by atoms with van der Waals surface area (Å²) in [5.41, 5.74) is 2.76. The van der Waals surface area contributed by atoms with Crippen LogP contribution in [0.25, 0.3) is 5.65 Å². The van der Waals surface area contributed by atoms with Crippen molar-refractivity contribution in [1.82, 2.24) is 14.7 Å². The number of nitrogens with one attached hydrogen (secondary N) is 1. The number of carbonyl (C=O) groups excluding carboxylic acids is 1. The van der Waals surface area contributed by atoms with Gasteiger partial charge in [0, 0.05) is 18.9 Å². The Morgan fingerprint density at radius 1 is 1.32 bits per heavy atom. The first-order valence-corrected chi connectivity index (χ1v) is 7.78. The maximum Gasteiger partial charge on any atom is 0.226 e. The summed E-state index contributed by atoms with van der Waals surface area (Å²) in [6.07, 6.45) is 11.4. The first-order valence-electron chi connectivity index (χ1n) is 7.78. The summed E-state index contributed by atoms with van der Waals surface area (Å²) < 4.78 is 14.7. The van der Waals surface area contributed by atoms with Crippen LogP contribution in [0.4, 0.5) is 4.39 Å². The molecule has 0 aliphatic heterocycles. The van der Waals surface area contributed by atoms with Gasteiger partial charge in [-0.15, -0.1) is 0 Å². The third-order valence-corrected chi connectivity index (χ3v) is 3.96. The van der Waals surface area contributed by atoms with Gasteiger partial charge in [-0.3, -0.25) is 4.79 Å². The van der Waals surface area contributed by atoms with Crippen molar-refractivity contribution in [3.63, 3.8) is 0 Å². The molecule has 0 unspecified atom stereocenters. The van der Waals surface area contributed by atoms with Gasteiger partial charge in [-0.05, 0) is 44.2 Å². The van der Waals surface area contributed by atoms with Crippen LogP contribution in [0.1, 0.15) is 37.8 Å². The smallest absolute Gasteiger partial charge is 0.226 e. The largest absolute Gasteiger partial charge is 0.355 e. The highest BCUT2D eigenvalue weighted by Crippen LogP contribution is 2.19. The second kappa shape index (κ2) is 6.73. The Balaban J connectivity index is 1.51. The van der Waals surface area contributed by atoms with Crippen LogP contribution < -0.4 is 5.32 Å². The van der Waals surface area contributed by atoms with Crippen molar-refractivity contribution in [2.24, 2.45) is 0 Å². The number of nitrogens with zero attached hydrogens (tertiary/aromatic N) is 2. The molecule has 22 heavy (non-hydrogen) atoms. The van der Waals surface area contributed by atoms with E-state index in [1.807, 2.05) is 0 Å². The van der Waals surface area contributed by atoms with E-state index in [2.05, 4.69) is 16.4 Å². The summed E-state index contributed by atoms with van der Waals surface area (Å²) in [6.45, 7) is 0.673. The van der Waals surface area contributed by atoms with Crippen molar-refractivity contribution >= 4 is 11.6 Å². The van der Waals surface area contributed by atoms with E-state index in [4.69, 9.17) is 0 Å². The Morgan fingerprint density at radius 2 is 2.23 bits per heavy atom. The first kappa shape index (κ1) is 14.8. The van der Waals surface area contributed by atoms with E-state index in [9.17, 15) is 9.18 Å². The minimum absolute atomic E-state index is 0.0414. The van der Waals surface area contributed by atoms with Gasteiger partial charge in [-0.25, -0.2) is 9.37 Å². The molecule has 2 heterocycles. The van der Waals surface area contributed by atoms with E-state index in [-0.39, 0.29) is 18.1 Å². The first-order chi connectivity index (χ1) is 10.7. The molecule has 3 rings (SSSR count). The lowest BCUT2D eigenvalue weighted by Crippen LogP contribution is -2.26. The summed E-state index contributed by atoms with van der Waals surface area (Å²) >= 11 is 0. The Bertz CT molecular complexity index is 705. The SMILES string of the molecule is O=C(Cc1cn2cc(F)ccc2n1)NCCC1=CCCCC1. The van der Waals surface area contributed by atoms with Crippen molar-refractivity contribution in [2.45, 2.75) is 38.5 Å². The van der Waals surface area contributed by atoms with Gasteiger partial charge in [-0.1, -0.05) is 11.6 Å². The topological polar surface area (TPSA) is 46.4 Å². The number of hydrogen-bond acceptors (Lipinski definition) is 2. The van der Waals surface area contributed by atoms with Crippen molar-refractivity contribution in [2.75, 3.05) is 6.54 Å². The molecule has 5 heteroatoms. The lowest BCUT2D eigenvalue weighted by molar-refractivity contribution is -0.120. The molecule has 4 nitrogen and oxygen atoms in total. The quantitative estimate of drug-likeness (QED) is 0.863. The van der Waals surface area contributed by atoms with E-state index >= 15 is 0 Å².